The number of nitrogens with one attached hydrogen (secondary N) is 2. The normalized spacial score (nSPS) is 9.22. The molecule has 0 saturated heterocycles. The Morgan fingerprint density at radius 2 is 1.11 bits per heavy atom. The maximum Gasteiger partial charge on any atom is 0.303 e. The molecular formula is C10H16N2O6. The number of hydrogen-bond donors (Lipinski definition) is 2. The van der Waals surface area contributed by atoms with Crippen molar-refractivity contribution in [3.05, 3.63) is 0 Å². The topological polar surface area (TPSA) is 111 Å². The average molecular weight is 260 g/mol. The molecule has 0 saturated carbocycles. The highest BCUT2D eigenvalue weighted by molar-refractivity contribution is 5.81. The van der Waals surface area contributed by atoms with Gasteiger partial charge in [-0.1, -0.05) is 0 Å². The summed E-state index contributed by atoms with van der Waals surface area (Å²) in [4.78, 5) is 42.9. The second-order valence-corrected chi connectivity index (χ2v) is 3.26. The molecule has 0 aliphatic carbocycles. The van der Waals surface area contributed by atoms with Crippen LogP contribution >= 0.6 is 0 Å². The maximum atomic E-state index is 11.0. The summed E-state index contributed by atoms with van der Waals surface area (Å²) >= 11 is 0. The van der Waals surface area contributed by atoms with E-state index in [1.54, 1.807) is 0 Å². The van der Waals surface area contributed by atoms with Gasteiger partial charge in [-0.2, -0.15) is 0 Å². The van der Waals surface area contributed by atoms with Crippen molar-refractivity contribution in [2.75, 3.05) is 26.3 Å². The molecule has 0 radical (unpaired) electrons. The van der Waals surface area contributed by atoms with Gasteiger partial charge in [0.2, 0.25) is 0 Å². The van der Waals surface area contributed by atoms with Crippen LogP contribution in [0.3, 0.4) is 0 Å². The summed E-state index contributed by atoms with van der Waals surface area (Å²) in [5, 5.41) is 4.84. The number of ether oxygens (including phenoxy) is 2. The van der Waals surface area contributed by atoms with Crippen molar-refractivity contribution in [2.24, 2.45) is 0 Å². The van der Waals surface area contributed by atoms with Gasteiger partial charge in [0.25, 0.3) is 11.8 Å². The van der Waals surface area contributed by atoms with Crippen molar-refractivity contribution in [1.29, 1.82) is 0 Å². The number of carbonyl (C=O) groups excluding carboxylic acids is 4. The van der Waals surface area contributed by atoms with E-state index in [2.05, 4.69) is 20.1 Å². The molecule has 0 atom stereocenters. The molecule has 0 aliphatic rings. The number of amides is 2. The monoisotopic (exact) mass is 260 g/mol. The zero-order valence-electron chi connectivity index (χ0n) is 10.3. The summed E-state index contributed by atoms with van der Waals surface area (Å²) < 4.78 is 8.90. The number of carbonyl (C=O) groups is 4. The van der Waals surface area contributed by atoms with Crippen LogP contribution in [0.5, 0.6) is 0 Å². The summed E-state index contributed by atoms with van der Waals surface area (Å²) in [6.45, 7) is 2.07. The molecule has 2 N–H and O–H groups in total. The average Bonchev–Trinajstić information content (AvgIpc) is 2.29. The molecule has 0 spiro atoms. The Kier molecular flexibility index (Phi) is 7.91. The predicted octanol–water partition coefficient (Wildman–Crippen LogP) is -1.65. The summed E-state index contributed by atoms with van der Waals surface area (Å²) in [7, 11) is 0. The van der Waals surface area contributed by atoms with E-state index in [1.165, 1.54) is 13.8 Å². The maximum absolute atomic E-state index is 11.0. The Morgan fingerprint density at radius 3 is 1.39 bits per heavy atom. The summed E-state index contributed by atoms with van der Waals surface area (Å²) in [5.74, 6) is -2.00. The molecule has 2 amide bonds. The van der Waals surface area contributed by atoms with Crippen molar-refractivity contribution in [3.63, 3.8) is 0 Å². The molecule has 0 fully saturated rings. The molecule has 0 aromatic carbocycles. The minimum Gasteiger partial charge on any atom is -0.456 e. The highest BCUT2D eigenvalue weighted by Gasteiger charge is 2.05. The zero-order valence-corrected chi connectivity index (χ0v) is 10.3. The van der Waals surface area contributed by atoms with Gasteiger partial charge in [0.1, 0.15) is 0 Å². The lowest BCUT2D eigenvalue weighted by atomic mass is 10.5. The molecular weight excluding hydrogens is 244 g/mol. The SMILES string of the molecule is CC(=O)OCC(=O)NCCNC(=O)COC(C)=O. The van der Waals surface area contributed by atoms with E-state index in [0.29, 0.717) is 0 Å². The third-order valence-corrected chi connectivity index (χ3v) is 1.58. The van der Waals surface area contributed by atoms with Gasteiger partial charge < -0.3 is 20.1 Å². The van der Waals surface area contributed by atoms with Gasteiger partial charge in [0, 0.05) is 26.9 Å². The highest BCUT2D eigenvalue weighted by Crippen LogP contribution is 1.77. The van der Waals surface area contributed by atoms with E-state index in [1.807, 2.05) is 0 Å². The summed E-state index contributed by atoms with van der Waals surface area (Å²) in [6.07, 6.45) is 0. The first-order chi connectivity index (χ1) is 8.41. The molecule has 18 heavy (non-hydrogen) atoms. The Labute approximate surface area is 104 Å². The van der Waals surface area contributed by atoms with Gasteiger partial charge in [-0.3, -0.25) is 19.2 Å². The van der Waals surface area contributed by atoms with Crippen LogP contribution in [-0.2, 0) is 28.7 Å². The van der Waals surface area contributed by atoms with Crippen LogP contribution in [0.4, 0.5) is 0 Å². The van der Waals surface area contributed by atoms with Crippen molar-refractivity contribution in [2.45, 2.75) is 13.8 Å². The van der Waals surface area contributed by atoms with Gasteiger partial charge >= 0.3 is 11.9 Å². The zero-order chi connectivity index (χ0) is 14.0. The third kappa shape index (κ3) is 10.4. The van der Waals surface area contributed by atoms with E-state index in [9.17, 15) is 19.2 Å². The summed E-state index contributed by atoms with van der Waals surface area (Å²) in [5.41, 5.74) is 0. The lowest BCUT2D eigenvalue weighted by molar-refractivity contribution is -0.146. The van der Waals surface area contributed by atoms with Gasteiger partial charge in [-0.25, -0.2) is 0 Å². The van der Waals surface area contributed by atoms with Crippen molar-refractivity contribution in [3.8, 4) is 0 Å². The van der Waals surface area contributed by atoms with Gasteiger partial charge in [-0.05, 0) is 0 Å². The Morgan fingerprint density at radius 1 is 0.778 bits per heavy atom. The van der Waals surface area contributed by atoms with Crippen LogP contribution in [0.1, 0.15) is 13.8 Å². The Bertz CT molecular complexity index is 296. The van der Waals surface area contributed by atoms with Crippen LogP contribution in [-0.4, -0.2) is 50.1 Å². The predicted molar refractivity (Wildman–Crippen MR) is 59.3 cm³/mol. The second kappa shape index (κ2) is 8.97. The van der Waals surface area contributed by atoms with Crippen LogP contribution in [0, 0.1) is 0 Å². The fraction of sp³-hybridized carbons (Fsp3) is 0.600. The molecule has 0 aliphatic heterocycles. The fourth-order valence-electron chi connectivity index (χ4n) is 0.840. The van der Waals surface area contributed by atoms with Crippen LogP contribution in [0.15, 0.2) is 0 Å². The molecule has 0 rings (SSSR count). The molecule has 0 heterocycles. The van der Waals surface area contributed by atoms with Crippen molar-refractivity contribution in [1.82, 2.24) is 10.6 Å². The minimum atomic E-state index is -0.542. The van der Waals surface area contributed by atoms with E-state index >= 15 is 0 Å². The van der Waals surface area contributed by atoms with E-state index < -0.39 is 23.8 Å². The molecule has 0 aromatic rings. The quantitative estimate of drug-likeness (QED) is 0.419. The first-order valence-electron chi connectivity index (χ1n) is 5.22. The minimum absolute atomic E-state index is 0.186. The molecule has 0 bridgehead atoms. The summed E-state index contributed by atoms with van der Waals surface area (Å²) in [6, 6.07) is 0. The number of rotatable bonds is 7. The highest BCUT2D eigenvalue weighted by atomic mass is 16.5. The van der Waals surface area contributed by atoms with E-state index in [-0.39, 0.29) is 26.3 Å². The smallest absolute Gasteiger partial charge is 0.303 e. The molecule has 8 heteroatoms. The largest absolute Gasteiger partial charge is 0.456 e. The standard InChI is InChI=1S/C10H16N2O6/c1-7(13)17-5-9(15)11-3-4-12-10(16)6-18-8(2)14/h3-6H2,1-2H3,(H,11,15)(H,12,16). The van der Waals surface area contributed by atoms with Crippen molar-refractivity contribution >= 4 is 23.8 Å². The molecule has 0 unspecified atom stereocenters. The first-order valence-corrected chi connectivity index (χ1v) is 5.22. The number of hydrogen-bond acceptors (Lipinski definition) is 6. The van der Waals surface area contributed by atoms with E-state index in [4.69, 9.17) is 0 Å². The van der Waals surface area contributed by atoms with Gasteiger partial charge in [0.05, 0.1) is 0 Å². The first kappa shape index (κ1) is 15.9. The van der Waals surface area contributed by atoms with Crippen LogP contribution < -0.4 is 10.6 Å². The van der Waals surface area contributed by atoms with Crippen LogP contribution in [0.2, 0.25) is 0 Å². The fourth-order valence-corrected chi connectivity index (χ4v) is 0.840. The Balaban J connectivity index is 3.49. The third-order valence-electron chi connectivity index (χ3n) is 1.58. The lowest BCUT2D eigenvalue weighted by Crippen LogP contribution is -2.37. The molecule has 0 aromatic heterocycles. The van der Waals surface area contributed by atoms with E-state index in [0.717, 1.165) is 0 Å². The molecule has 102 valence electrons. The van der Waals surface area contributed by atoms with Crippen molar-refractivity contribution < 1.29 is 28.7 Å². The van der Waals surface area contributed by atoms with Gasteiger partial charge in [0.15, 0.2) is 13.2 Å². The van der Waals surface area contributed by atoms with Gasteiger partial charge in [-0.15, -0.1) is 0 Å². The molecule has 8 nitrogen and oxygen atoms in total. The van der Waals surface area contributed by atoms with Crippen LogP contribution in [0.25, 0.3) is 0 Å². The lowest BCUT2D eigenvalue weighted by Gasteiger charge is -2.07. The Hall–Kier alpha value is -2.12. The second-order valence-electron chi connectivity index (χ2n) is 3.26. The number of esters is 2.